The molecular weight excluding hydrogens is 362 g/mol. The first-order valence-electron chi connectivity index (χ1n) is 10.3. The Labute approximate surface area is 175 Å². The normalized spacial score (nSPS) is 18.6. The SMILES string of the molecule is COc1ccc(OC)c(CN(Cc2cccnc2)C2CC(C)(C)NC(C)(C)C2)c1. The minimum atomic E-state index is 0.0814. The van der Waals surface area contributed by atoms with Crippen LogP contribution in [0.15, 0.2) is 42.7 Å². The summed E-state index contributed by atoms with van der Waals surface area (Å²) in [5.41, 5.74) is 2.53. The van der Waals surface area contributed by atoms with Gasteiger partial charge in [-0.1, -0.05) is 6.07 Å². The van der Waals surface area contributed by atoms with Crippen molar-refractivity contribution in [1.82, 2.24) is 15.2 Å². The van der Waals surface area contributed by atoms with E-state index in [1.54, 1.807) is 14.2 Å². The number of ether oxygens (including phenoxy) is 2. The van der Waals surface area contributed by atoms with E-state index in [2.05, 4.69) is 55.0 Å². The second kappa shape index (κ2) is 8.72. The third-order valence-corrected chi connectivity index (χ3v) is 5.65. The van der Waals surface area contributed by atoms with Crippen molar-refractivity contribution < 1.29 is 9.47 Å². The molecule has 5 heteroatoms. The van der Waals surface area contributed by atoms with E-state index < -0.39 is 0 Å². The molecule has 0 amide bonds. The molecule has 1 aliphatic rings. The Morgan fingerprint density at radius 3 is 2.34 bits per heavy atom. The van der Waals surface area contributed by atoms with Crippen LogP contribution in [0.2, 0.25) is 0 Å². The van der Waals surface area contributed by atoms with Crippen LogP contribution in [0.4, 0.5) is 0 Å². The highest BCUT2D eigenvalue weighted by Gasteiger charge is 2.40. The number of pyridine rings is 1. The molecule has 1 saturated heterocycles. The second-order valence-electron chi connectivity index (χ2n) is 9.40. The van der Waals surface area contributed by atoms with Gasteiger partial charge >= 0.3 is 0 Å². The fourth-order valence-electron chi connectivity index (χ4n) is 4.79. The number of benzene rings is 1. The van der Waals surface area contributed by atoms with Gasteiger partial charge in [-0.2, -0.15) is 0 Å². The van der Waals surface area contributed by atoms with E-state index in [0.717, 1.165) is 43.0 Å². The fourth-order valence-corrected chi connectivity index (χ4v) is 4.79. The first kappa shape index (κ1) is 21.6. The largest absolute Gasteiger partial charge is 0.497 e. The molecule has 1 aromatic heterocycles. The summed E-state index contributed by atoms with van der Waals surface area (Å²) in [6.07, 6.45) is 5.97. The van der Waals surface area contributed by atoms with Crippen molar-refractivity contribution in [1.29, 1.82) is 0 Å². The smallest absolute Gasteiger partial charge is 0.123 e. The van der Waals surface area contributed by atoms with Crippen LogP contribution in [0.1, 0.15) is 51.7 Å². The molecule has 0 bridgehead atoms. The molecule has 2 heterocycles. The Morgan fingerprint density at radius 2 is 1.76 bits per heavy atom. The van der Waals surface area contributed by atoms with Crippen molar-refractivity contribution in [3.05, 3.63) is 53.9 Å². The van der Waals surface area contributed by atoms with Gasteiger partial charge in [0, 0.05) is 48.2 Å². The lowest BCUT2D eigenvalue weighted by molar-refractivity contribution is 0.0558. The maximum atomic E-state index is 5.66. The highest BCUT2D eigenvalue weighted by Crippen LogP contribution is 2.34. The van der Waals surface area contributed by atoms with Crippen LogP contribution < -0.4 is 14.8 Å². The van der Waals surface area contributed by atoms with Gasteiger partial charge < -0.3 is 14.8 Å². The lowest BCUT2D eigenvalue weighted by atomic mass is 9.78. The first-order valence-corrected chi connectivity index (χ1v) is 10.3. The molecule has 1 aromatic carbocycles. The molecule has 5 nitrogen and oxygen atoms in total. The molecule has 3 rings (SSSR count). The van der Waals surface area contributed by atoms with Crippen molar-refractivity contribution in [3.63, 3.8) is 0 Å². The van der Waals surface area contributed by atoms with Crippen LogP contribution in [0.5, 0.6) is 11.5 Å². The average molecular weight is 398 g/mol. The van der Waals surface area contributed by atoms with Crippen LogP contribution in [0.3, 0.4) is 0 Å². The maximum Gasteiger partial charge on any atom is 0.123 e. The van der Waals surface area contributed by atoms with E-state index in [1.165, 1.54) is 5.56 Å². The van der Waals surface area contributed by atoms with E-state index in [9.17, 15) is 0 Å². The topological polar surface area (TPSA) is 46.6 Å². The summed E-state index contributed by atoms with van der Waals surface area (Å²) in [6, 6.07) is 10.6. The fraction of sp³-hybridized carbons (Fsp3) is 0.542. The zero-order valence-corrected chi connectivity index (χ0v) is 18.7. The van der Waals surface area contributed by atoms with Gasteiger partial charge in [0.1, 0.15) is 11.5 Å². The summed E-state index contributed by atoms with van der Waals surface area (Å²) in [6.45, 7) is 10.9. The number of hydrogen-bond acceptors (Lipinski definition) is 5. The van der Waals surface area contributed by atoms with Gasteiger partial charge in [0.15, 0.2) is 0 Å². The molecule has 2 aromatic rings. The number of piperidine rings is 1. The van der Waals surface area contributed by atoms with E-state index in [-0.39, 0.29) is 11.1 Å². The summed E-state index contributed by atoms with van der Waals surface area (Å²) >= 11 is 0. The molecule has 0 spiro atoms. The summed E-state index contributed by atoms with van der Waals surface area (Å²) in [7, 11) is 3.43. The van der Waals surface area contributed by atoms with Crippen molar-refractivity contribution in [3.8, 4) is 11.5 Å². The number of nitrogens with one attached hydrogen (secondary N) is 1. The second-order valence-corrected chi connectivity index (χ2v) is 9.40. The third-order valence-electron chi connectivity index (χ3n) is 5.65. The van der Waals surface area contributed by atoms with Crippen LogP contribution >= 0.6 is 0 Å². The molecule has 0 aliphatic carbocycles. The molecule has 1 fully saturated rings. The van der Waals surface area contributed by atoms with Gasteiger partial charge in [-0.15, -0.1) is 0 Å². The molecule has 0 radical (unpaired) electrons. The van der Waals surface area contributed by atoms with Crippen molar-refractivity contribution >= 4 is 0 Å². The molecule has 0 saturated carbocycles. The summed E-state index contributed by atoms with van der Waals surface area (Å²) in [4.78, 5) is 6.89. The lowest BCUT2D eigenvalue weighted by Gasteiger charge is -2.49. The number of aromatic nitrogens is 1. The minimum absolute atomic E-state index is 0.0814. The molecular formula is C24H35N3O2. The Hall–Kier alpha value is -2.11. The van der Waals surface area contributed by atoms with Crippen LogP contribution in [0.25, 0.3) is 0 Å². The molecule has 29 heavy (non-hydrogen) atoms. The Balaban J connectivity index is 1.93. The van der Waals surface area contributed by atoms with E-state index in [1.807, 2.05) is 30.6 Å². The van der Waals surface area contributed by atoms with Crippen molar-refractivity contribution in [2.45, 2.75) is 70.7 Å². The summed E-state index contributed by atoms with van der Waals surface area (Å²) in [5, 5.41) is 3.80. The van der Waals surface area contributed by atoms with Crippen molar-refractivity contribution in [2.24, 2.45) is 0 Å². The van der Waals surface area contributed by atoms with Gasteiger partial charge in [-0.25, -0.2) is 0 Å². The van der Waals surface area contributed by atoms with Gasteiger partial charge in [-0.05, 0) is 70.4 Å². The highest BCUT2D eigenvalue weighted by molar-refractivity contribution is 5.40. The molecule has 1 aliphatic heterocycles. The third kappa shape index (κ3) is 5.71. The van der Waals surface area contributed by atoms with E-state index in [4.69, 9.17) is 9.47 Å². The van der Waals surface area contributed by atoms with Crippen LogP contribution in [-0.4, -0.2) is 41.2 Å². The number of hydrogen-bond donors (Lipinski definition) is 1. The lowest BCUT2D eigenvalue weighted by Crippen LogP contribution is -2.62. The van der Waals surface area contributed by atoms with Crippen LogP contribution in [0, 0.1) is 0 Å². The van der Waals surface area contributed by atoms with Gasteiger partial charge in [0.25, 0.3) is 0 Å². The maximum absolute atomic E-state index is 5.66. The van der Waals surface area contributed by atoms with E-state index >= 15 is 0 Å². The Morgan fingerprint density at radius 1 is 1.03 bits per heavy atom. The standard InChI is InChI=1S/C24H35N3O2/c1-23(2)13-20(14-24(3,4)26-23)27(16-18-8-7-11-25-15-18)17-19-12-21(28-5)9-10-22(19)29-6/h7-12,15,20,26H,13-14,16-17H2,1-6H3. The zero-order valence-electron chi connectivity index (χ0n) is 18.7. The summed E-state index contributed by atoms with van der Waals surface area (Å²) < 4.78 is 11.1. The van der Waals surface area contributed by atoms with Crippen LogP contribution in [-0.2, 0) is 13.1 Å². The number of methoxy groups -OCH3 is 2. The van der Waals surface area contributed by atoms with Gasteiger partial charge in [0.05, 0.1) is 14.2 Å². The zero-order chi connectivity index (χ0) is 21.1. The highest BCUT2D eigenvalue weighted by atomic mass is 16.5. The average Bonchev–Trinajstić information content (AvgIpc) is 2.65. The quantitative estimate of drug-likeness (QED) is 0.750. The number of nitrogens with zero attached hydrogens (tertiary/aromatic N) is 2. The van der Waals surface area contributed by atoms with E-state index in [0.29, 0.717) is 6.04 Å². The van der Waals surface area contributed by atoms with Crippen molar-refractivity contribution in [2.75, 3.05) is 14.2 Å². The van der Waals surface area contributed by atoms with Gasteiger partial charge in [0.2, 0.25) is 0 Å². The Kier molecular flexibility index (Phi) is 6.49. The predicted octanol–water partition coefficient (Wildman–Crippen LogP) is 4.41. The predicted molar refractivity (Wildman–Crippen MR) is 117 cm³/mol. The minimum Gasteiger partial charge on any atom is -0.497 e. The number of rotatable bonds is 7. The monoisotopic (exact) mass is 397 g/mol. The first-order chi connectivity index (χ1) is 13.7. The summed E-state index contributed by atoms with van der Waals surface area (Å²) in [5.74, 6) is 1.75. The molecule has 158 valence electrons. The van der Waals surface area contributed by atoms with Gasteiger partial charge in [-0.3, -0.25) is 9.88 Å². The molecule has 1 N–H and O–H groups in total. The molecule has 0 unspecified atom stereocenters. The Bertz CT molecular complexity index is 789. The molecule has 0 atom stereocenters.